The van der Waals surface area contributed by atoms with Crippen molar-refractivity contribution in [1.29, 1.82) is 0 Å². The Balaban J connectivity index is 1.31. The van der Waals surface area contributed by atoms with Gasteiger partial charge in [0.2, 0.25) is 10.6 Å². The van der Waals surface area contributed by atoms with Crippen LogP contribution in [-0.2, 0) is 25.4 Å². The van der Waals surface area contributed by atoms with E-state index in [1.54, 1.807) is 12.1 Å². The lowest BCUT2D eigenvalue weighted by Gasteiger charge is -2.33. The standard InChI is InChI=1S/C21H30ClN8O9P/c22-20-24-19(23-11-3-1-2-4-11)13-6-5-12(30(13)27-20)18-17(33)16(32)14(39-18)7-38-21(9-31,40(34,35)36)10-37-8-15-25-28-29-26-15/h5-6,11,14,16-18,31-33H,1-4,7-10H2,(H,23,24,27)(H2,34,35,36)(H,25,26,28,29)/t14-,16-,17-,18+,21-/m1/s1. The van der Waals surface area contributed by atoms with Crippen molar-refractivity contribution < 1.29 is 43.9 Å². The Labute approximate surface area is 232 Å². The Morgan fingerprint density at radius 2 is 2.02 bits per heavy atom. The quantitative estimate of drug-likeness (QED) is 0.129. The zero-order valence-electron chi connectivity index (χ0n) is 21.1. The summed E-state index contributed by atoms with van der Waals surface area (Å²) in [4.78, 5) is 24.2. The molecule has 1 saturated carbocycles. The van der Waals surface area contributed by atoms with Crippen LogP contribution in [0.3, 0.4) is 0 Å². The van der Waals surface area contributed by atoms with Crippen LogP contribution in [0.15, 0.2) is 12.1 Å². The van der Waals surface area contributed by atoms with Gasteiger partial charge in [0.15, 0.2) is 11.6 Å². The molecular formula is C21H30ClN8O9P. The van der Waals surface area contributed by atoms with Crippen molar-refractivity contribution in [2.75, 3.05) is 25.1 Å². The molecule has 2 aliphatic rings. The molecule has 3 aromatic heterocycles. The number of aliphatic hydroxyl groups excluding tert-OH is 3. The van der Waals surface area contributed by atoms with E-state index in [-0.39, 0.29) is 23.8 Å². The van der Waals surface area contributed by atoms with Gasteiger partial charge in [-0.05, 0) is 36.6 Å². The van der Waals surface area contributed by atoms with E-state index in [1.165, 1.54) is 4.52 Å². The summed E-state index contributed by atoms with van der Waals surface area (Å²) >= 11 is 6.19. The van der Waals surface area contributed by atoms with E-state index in [0.29, 0.717) is 17.0 Å². The number of H-pyrrole nitrogens is 1. The second-order valence-electron chi connectivity index (χ2n) is 9.77. The van der Waals surface area contributed by atoms with Crippen LogP contribution in [0.1, 0.15) is 43.3 Å². The van der Waals surface area contributed by atoms with Gasteiger partial charge in [-0.15, -0.1) is 15.3 Å². The van der Waals surface area contributed by atoms with Gasteiger partial charge < -0.3 is 44.6 Å². The molecule has 5 atom stereocenters. The monoisotopic (exact) mass is 604 g/mol. The summed E-state index contributed by atoms with van der Waals surface area (Å²) < 4.78 is 30.4. The fourth-order valence-electron chi connectivity index (χ4n) is 4.88. The average Bonchev–Trinajstić information content (AvgIpc) is 3.71. The number of aliphatic hydroxyl groups is 3. The number of tetrazole rings is 1. The van der Waals surface area contributed by atoms with Crippen LogP contribution in [0.5, 0.6) is 0 Å². The summed E-state index contributed by atoms with van der Waals surface area (Å²) in [6.45, 7) is -2.73. The number of halogens is 1. The number of aromatic amines is 1. The molecule has 7 N–H and O–H groups in total. The van der Waals surface area contributed by atoms with Crippen LogP contribution < -0.4 is 5.32 Å². The van der Waals surface area contributed by atoms with Gasteiger partial charge in [-0.2, -0.15) is 10.2 Å². The molecule has 0 bridgehead atoms. The second kappa shape index (κ2) is 11.9. The number of anilines is 1. The molecule has 1 aliphatic heterocycles. The predicted molar refractivity (Wildman–Crippen MR) is 135 cm³/mol. The van der Waals surface area contributed by atoms with Gasteiger partial charge in [-0.25, -0.2) is 4.52 Å². The molecule has 0 aromatic carbocycles. The third-order valence-electron chi connectivity index (χ3n) is 7.11. The van der Waals surface area contributed by atoms with E-state index in [4.69, 9.17) is 25.8 Å². The third kappa shape index (κ3) is 5.85. The number of hydrogen-bond acceptors (Lipinski definition) is 13. The Hall–Kier alpha value is -2.31. The second-order valence-corrected chi connectivity index (χ2v) is 12.0. The average molecular weight is 605 g/mol. The fourth-order valence-corrected chi connectivity index (χ4v) is 5.73. The van der Waals surface area contributed by atoms with Crippen molar-refractivity contribution in [3.63, 3.8) is 0 Å². The van der Waals surface area contributed by atoms with Gasteiger partial charge in [0.25, 0.3) is 0 Å². The first-order valence-electron chi connectivity index (χ1n) is 12.6. The molecule has 5 rings (SSSR count). The number of nitrogens with one attached hydrogen (secondary N) is 2. The van der Waals surface area contributed by atoms with Crippen molar-refractivity contribution in [2.24, 2.45) is 0 Å². The number of nitrogens with zero attached hydrogens (tertiary/aromatic N) is 6. The number of rotatable bonds is 12. The highest BCUT2D eigenvalue weighted by Crippen LogP contribution is 2.51. The molecule has 0 radical (unpaired) electrons. The minimum Gasteiger partial charge on any atom is -0.393 e. The molecule has 1 aliphatic carbocycles. The Bertz CT molecular complexity index is 1340. The van der Waals surface area contributed by atoms with Crippen molar-refractivity contribution in [1.82, 2.24) is 35.2 Å². The van der Waals surface area contributed by atoms with Crippen LogP contribution in [0.25, 0.3) is 5.52 Å². The highest BCUT2D eigenvalue weighted by molar-refractivity contribution is 7.53. The molecule has 40 heavy (non-hydrogen) atoms. The maximum Gasteiger partial charge on any atom is 0.361 e. The van der Waals surface area contributed by atoms with Crippen LogP contribution >= 0.6 is 19.2 Å². The zero-order valence-corrected chi connectivity index (χ0v) is 22.7. The van der Waals surface area contributed by atoms with Crippen molar-refractivity contribution >= 4 is 30.5 Å². The lowest BCUT2D eigenvalue weighted by Crippen LogP contribution is -2.45. The van der Waals surface area contributed by atoms with E-state index >= 15 is 0 Å². The predicted octanol–water partition coefficient (Wildman–Crippen LogP) is -0.488. The third-order valence-corrected chi connectivity index (χ3v) is 8.73. The van der Waals surface area contributed by atoms with Crippen LogP contribution in [0.2, 0.25) is 5.28 Å². The molecule has 4 heterocycles. The van der Waals surface area contributed by atoms with E-state index < -0.39 is 57.2 Å². The maximum atomic E-state index is 12.3. The SMILES string of the molecule is O=P(O)(O)[C@](CO)(COCc1nn[nH]n1)OC[C@H]1O[C@@H](c2ccc3c(NC4CCCC4)nc(Cl)nn23)[C@H](O)[C@@H]1O. The molecule has 19 heteroatoms. The molecule has 0 amide bonds. The largest absolute Gasteiger partial charge is 0.393 e. The molecule has 0 unspecified atom stereocenters. The number of hydrogen-bond donors (Lipinski definition) is 7. The number of fused-ring (bicyclic) bond motifs is 1. The Morgan fingerprint density at radius 1 is 1.25 bits per heavy atom. The highest BCUT2D eigenvalue weighted by Gasteiger charge is 2.51. The number of aromatic nitrogens is 7. The number of ether oxygens (including phenoxy) is 3. The molecule has 3 aromatic rings. The van der Waals surface area contributed by atoms with E-state index in [9.17, 15) is 29.7 Å². The molecule has 1 saturated heterocycles. The first kappa shape index (κ1) is 29.2. The Morgan fingerprint density at radius 3 is 2.70 bits per heavy atom. The Kier molecular flexibility index (Phi) is 8.68. The summed E-state index contributed by atoms with van der Waals surface area (Å²) in [7, 11) is -5.13. The fraction of sp³-hybridized carbons (Fsp3) is 0.667. The summed E-state index contributed by atoms with van der Waals surface area (Å²) in [6.07, 6.45) is -1.02. The van der Waals surface area contributed by atoms with E-state index in [0.717, 1.165) is 25.7 Å². The van der Waals surface area contributed by atoms with Gasteiger partial charge in [-0.1, -0.05) is 18.1 Å². The van der Waals surface area contributed by atoms with Crippen LogP contribution in [0.4, 0.5) is 5.82 Å². The first-order valence-corrected chi connectivity index (χ1v) is 14.5. The summed E-state index contributed by atoms with van der Waals surface area (Å²) in [5, 5.41) is 49.5. The van der Waals surface area contributed by atoms with E-state index in [1.807, 2.05) is 0 Å². The van der Waals surface area contributed by atoms with Gasteiger partial charge in [0, 0.05) is 6.04 Å². The summed E-state index contributed by atoms with van der Waals surface area (Å²) in [5.74, 6) is 0.643. The van der Waals surface area contributed by atoms with Crippen molar-refractivity contribution in [2.45, 2.75) is 68.1 Å². The first-order chi connectivity index (χ1) is 19.1. The van der Waals surface area contributed by atoms with Crippen LogP contribution in [-0.4, -0.2) is 110 Å². The lowest BCUT2D eigenvalue weighted by atomic mass is 10.1. The zero-order chi connectivity index (χ0) is 28.5. The van der Waals surface area contributed by atoms with Crippen molar-refractivity contribution in [3.05, 3.63) is 28.9 Å². The van der Waals surface area contributed by atoms with Crippen molar-refractivity contribution in [3.8, 4) is 0 Å². The topological polar surface area (TPSA) is 243 Å². The molecule has 220 valence electrons. The molecular weight excluding hydrogens is 575 g/mol. The van der Waals surface area contributed by atoms with Gasteiger partial charge in [0.05, 0.1) is 25.5 Å². The molecule has 17 nitrogen and oxygen atoms in total. The lowest BCUT2D eigenvalue weighted by molar-refractivity contribution is -0.126. The van der Waals surface area contributed by atoms with E-state index in [2.05, 4.69) is 36.0 Å². The smallest absolute Gasteiger partial charge is 0.361 e. The molecule has 0 spiro atoms. The minimum absolute atomic E-state index is 0.0337. The summed E-state index contributed by atoms with van der Waals surface area (Å²) in [5.41, 5.74) is 0.963. The normalized spacial score (nSPS) is 25.6. The van der Waals surface area contributed by atoms with Gasteiger partial charge in [-0.3, -0.25) is 4.57 Å². The summed E-state index contributed by atoms with van der Waals surface area (Å²) in [6, 6.07) is 3.64. The highest BCUT2D eigenvalue weighted by atomic mass is 35.5. The minimum atomic E-state index is -5.13. The van der Waals surface area contributed by atoms with Gasteiger partial charge in [0.1, 0.15) is 36.5 Å². The molecule has 2 fully saturated rings. The van der Waals surface area contributed by atoms with Crippen LogP contribution in [0, 0.1) is 0 Å². The maximum absolute atomic E-state index is 12.3. The van der Waals surface area contributed by atoms with Gasteiger partial charge >= 0.3 is 7.60 Å².